The van der Waals surface area contributed by atoms with Gasteiger partial charge in [0, 0.05) is 12.1 Å². The van der Waals surface area contributed by atoms with Gasteiger partial charge in [0.1, 0.15) is 12.6 Å². The Morgan fingerprint density at radius 1 is 1.11 bits per heavy atom. The van der Waals surface area contributed by atoms with Crippen LogP contribution in [0.1, 0.15) is 39.8 Å². The maximum absolute atomic E-state index is 12.8. The predicted molar refractivity (Wildman–Crippen MR) is 102 cm³/mol. The number of amides is 2. The van der Waals surface area contributed by atoms with Crippen LogP contribution in [0.5, 0.6) is 0 Å². The van der Waals surface area contributed by atoms with Crippen molar-refractivity contribution in [2.75, 3.05) is 24.6 Å². The fourth-order valence-electron chi connectivity index (χ4n) is 3.22. The van der Waals surface area contributed by atoms with Gasteiger partial charge in [-0.25, -0.2) is 0 Å². The maximum Gasteiger partial charge on any atom is 0.405 e. The molecule has 0 saturated carbocycles. The fraction of sp³-hybridized carbons (Fsp3) is 0.556. The smallest absolute Gasteiger partial charge is 0.345 e. The molecule has 2 aliphatic rings. The van der Waals surface area contributed by atoms with Crippen molar-refractivity contribution in [3.05, 3.63) is 35.4 Å². The molecule has 9 heteroatoms. The molecule has 0 radical (unpaired) electrons. The molecule has 3 rings (SSSR count). The number of nitrogens with zero attached hydrogens (tertiary/aromatic N) is 1. The average molecular weight is 419 g/mol. The lowest BCUT2D eigenvalue weighted by atomic mass is 10.1. The van der Waals surface area contributed by atoms with Gasteiger partial charge in [0.25, 0.3) is 5.91 Å². The first kappa shape index (κ1) is 20.4. The third-order valence-electron chi connectivity index (χ3n) is 4.54. The number of nitrogens with one attached hydrogen (secondary N) is 1. The third kappa shape index (κ3) is 5.34. The first-order valence-electron chi connectivity index (χ1n) is 8.84. The van der Waals surface area contributed by atoms with Crippen molar-refractivity contribution in [2.24, 2.45) is 0 Å². The molecule has 1 atom stereocenters. The number of alkyl halides is 3. The van der Waals surface area contributed by atoms with Gasteiger partial charge in [0.2, 0.25) is 5.91 Å². The zero-order chi connectivity index (χ0) is 19.4. The Balaban J connectivity index is 1.64. The highest BCUT2D eigenvalue weighted by Crippen LogP contribution is 2.43. The average Bonchev–Trinajstić information content (AvgIpc) is 3.16. The molecule has 1 N–H and O–H groups in total. The summed E-state index contributed by atoms with van der Waals surface area (Å²) in [6, 6.07) is 6.51. The van der Waals surface area contributed by atoms with E-state index in [0.29, 0.717) is 29.5 Å². The summed E-state index contributed by atoms with van der Waals surface area (Å²) in [4.78, 5) is 26.2. The van der Waals surface area contributed by atoms with E-state index in [2.05, 4.69) is 0 Å². The monoisotopic (exact) mass is 418 g/mol. The second-order valence-electron chi connectivity index (χ2n) is 6.54. The normalized spacial score (nSPS) is 21.3. The van der Waals surface area contributed by atoms with Gasteiger partial charge in [-0.3, -0.25) is 9.59 Å². The van der Waals surface area contributed by atoms with Gasteiger partial charge in [-0.15, -0.1) is 23.5 Å². The van der Waals surface area contributed by atoms with Crippen LogP contribution in [0.2, 0.25) is 0 Å². The second kappa shape index (κ2) is 8.77. The molecule has 0 aromatic heterocycles. The minimum Gasteiger partial charge on any atom is -0.345 e. The molecule has 2 heterocycles. The van der Waals surface area contributed by atoms with Crippen molar-refractivity contribution in [3.8, 4) is 0 Å². The lowest BCUT2D eigenvalue weighted by molar-refractivity contribution is -0.140. The number of rotatable bonds is 4. The van der Waals surface area contributed by atoms with Gasteiger partial charge in [-0.2, -0.15) is 13.2 Å². The minimum absolute atomic E-state index is 0.310. The van der Waals surface area contributed by atoms with E-state index in [1.807, 2.05) is 41.0 Å². The van der Waals surface area contributed by atoms with Gasteiger partial charge >= 0.3 is 6.18 Å². The standard InChI is InChI=1S/C18H21F3N2O2S2/c19-18(20,21)11-22-15(24)14-3-1-8-23(14)16(25)12-4-6-13(7-5-12)17-26-9-2-10-27-17/h4-7,14,17H,1-3,8-11H2,(H,22,24). The van der Waals surface area contributed by atoms with E-state index < -0.39 is 24.7 Å². The number of hydrogen-bond acceptors (Lipinski definition) is 4. The van der Waals surface area contributed by atoms with E-state index in [1.54, 1.807) is 12.1 Å². The van der Waals surface area contributed by atoms with Crippen molar-refractivity contribution in [3.63, 3.8) is 0 Å². The second-order valence-corrected chi connectivity index (χ2v) is 9.26. The van der Waals surface area contributed by atoms with E-state index in [0.717, 1.165) is 17.1 Å². The largest absolute Gasteiger partial charge is 0.405 e. The fourth-order valence-corrected chi connectivity index (χ4v) is 6.11. The summed E-state index contributed by atoms with van der Waals surface area (Å²) in [7, 11) is 0. The summed E-state index contributed by atoms with van der Waals surface area (Å²) < 4.78 is 37.3. The molecule has 27 heavy (non-hydrogen) atoms. The summed E-state index contributed by atoms with van der Waals surface area (Å²) in [5.74, 6) is 1.20. The maximum atomic E-state index is 12.8. The number of carbonyl (C=O) groups excluding carboxylic acids is 2. The summed E-state index contributed by atoms with van der Waals surface area (Å²) in [6.07, 6.45) is -2.28. The third-order valence-corrected chi connectivity index (χ3v) is 7.55. The Bertz CT molecular complexity index is 676. The van der Waals surface area contributed by atoms with Crippen molar-refractivity contribution in [1.82, 2.24) is 10.2 Å². The quantitative estimate of drug-likeness (QED) is 0.807. The molecule has 0 spiro atoms. The topological polar surface area (TPSA) is 49.4 Å². The molecule has 4 nitrogen and oxygen atoms in total. The minimum atomic E-state index is -4.46. The Morgan fingerprint density at radius 2 is 1.78 bits per heavy atom. The molecule has 1 unspecified atom stereocenters. The number of hydrogen-bond donors (Lipinski definition) is 1. The summed E-state index contributed by atoms with van der Waals surface area (Å²) >= 11 is 3.78. The zero-order valence-electron chi connectivity index (χ0n) is 14.6. The van der Waals surface area contributed by atoms with E-state index in [1.165, 1.54) is 11.3 Å². The van der Waals surface area contributed by atoms with Crippen LogP contribution in [-0.2, 0) is 4.79 Å². The molecule has 2 aliphatic heterocycles. The molecular formula is C18H21F3N2O2S2. The Labute approximate surface area is 164 Å². The van der Waals surface area contributed by atoms with Gasteiger partial charge < -0.3 is 10.2 Å². The highest BCUT2D eigenvalue weighted by Gasteiger charge is 2.36. The molecule has 0 aliphatic carbocycles. The van der Waals surface area contributed by atoms with E-state index in [-0.39, 0.29) is 5.91 Å². The van der Waals surface area contributed by atoms with Crippen molar-refractivity contribution in [1.29, 1.82) is 0 Å². The van der Waals surface area contributed by atoms with Gasteiger partial charge in [0.15, 0.2) is 0 Å². The number of benzene rings is 1. The van der Waals surface area contributed by atoms with Crippen LogP contribution >= 0.6 is 23.5 Å². The van der Waals surface area contributed by atoms with Crippen LogP contribution in [-0.4, -0.2) is 53.5 Å². The number of halogens is 3. The molecule has 1 aromatic carbocycles. The van der Waals surface area contributed by atoms with Gasteiger partial charge in [-0.05, 0) is 48.5 Å². The van der Waals surface area contributed by atoms with E-state index in [4.69, 9.17) is 0 Å². The number of likely N-dealkylation sites (tertiary alicyclic amines) is 1. The first-order valence-corrected chi connectivity index (χ1v) is 10.9. The molecule has 1 aromatic rings. The first-order chi connectivity index (χ1) is 12.8. The van der Waals surface area contributed by atoms with Gasteiger partial charge in [-0.1, -0.05) is 12.1 Å². The van der Waals surface area contributed by atoms with Crippen molar-refractivity contribution < 1.29 is 22.8 Å². The Kier molecular flexibility index (Phi) is 6.62. The molecule has 148 valence electrons. The highest BCUT2D eigenvalue weighted by molar-refractivity contribution is 8.16. The van der Waals surface area contributed by atoms with Crippen molar-refractivity contribution in [2.45, 2.75) is 36.1 Å². The van der Waals surface area contributed by atoms with Crippen LogP contribution in [0, 0.1) is 0 Å². The van der Waals surface area contributed by atoms with E-state index >= 15 is 0 Å². The number of carbonyl (C=O) groups is 2. The highest BCUT2D eigenvalue weighted by atomic mass is 32.2. The van der Waals surface area contributed by atoms with Gasteiger partial charge in [0.05, 0.1) is 4.58 Å². The molecule has 0 bridgehead atoms. The van der Waals surface area contributed by atoms with Crippen LogP contribution in [0.4, 0.5) is 13.2 Å². The number of thioether (sulfide) groups is 2. The lowest BCUT2D eigenvalue weighted by Crippen LogP contribution is -2.48. The van der Waals surface area contributed by atoms with Crippen LogP contribution in [0.15, 0.2) is 24.3 Å². The summed E-state index contributed by atoms with van der Waals surface area (Å²) in [5, 5.41) is 1.89. The van der Waals surface area contributed by atoms with E-state index in [9.17, 15) is 22.8 Å². The molecular weight excluding hydrogens is 397 g/mol. The summed E-state index contributed by atoms with van der Waals surface area (Å²) in [6.45, 7) is -1.01. The van der Waals surface area contributed by atoms with Crippen LogP contribution in [0.25, 0.3) is 0 Å². The zero-order valence-corrected chi connectivity index (χ0v) is 16.3. The molecule has 2 amide bonds. The Morgan fingerprint density at radius 3 is 2.41 bits per heavy atom. The predicted octanol–water partition coefficient (Wildman–Crippen LogP) is 3.84. The van der Waals surface area contributed by atoms with Crippen LogP contribution < -0.4 is 5.32 Å². The Hall–Kier alpha value is -1.35. The summed E-state index contributed by atoms with van der Waals surface area (Å²) in [5.41, 5.74) is 1.61. The van der Waals surface area contributed by atoms with Crippen LogP contribution in [0.3, 0.4) is 0 Å². The van der Waals surface area contributed by atoms with Crippen molar-refractivity contribution >= 4 is 35.3 Å². The molecule has 2 fully saturated rings. The lowest BCUT2D eigenvalue weighted by Gasteiger charge is -2.25. The molecule has 2 saturated heterocycles. The SMILES string of the molecule is O=C(NCC(F)(F)F)C1CCCN1C(=O)c1ccc(C2SCCCS2)cc1.